The first-order chi connectivity index (χ1) is 14.4. The van der Waals surface area contributed by atoms with Gasteiger partial charge in [-0.05, 0) is 32.9 Å². The lowest BCUT2D eigenvalue weighted by Gasteiger charge is -2.41. The van der Waals surface area contributed by atoms with Gasteiger partial charge in [-0.15, -0.1) is 0 Å². The molecule has 0 atom stereocenters. The van der Waals surface area contributed by atoms with Crippen molar-refractivity contribution in [3.63, 3.8) is 0 Å². The average Bonchev–Trinajstić information content (AvgIpc) is 2.61. The van der Waals surface area contributed by atoms with Gasteiger partial charge in [0.1, 0.15) is 24.5 Å². The Kier molecular flexibility index (Phi) is 4.90. The topological polar surface area (TPSA) is 95.5 Å². The van der Waals surface area contributed by atoms with Crippen molar-refractivity contribution < 1.29 is 32.2 Å². The zero-order chi connectivity index (χ0) is 22.6. The minimum Gasteiger partial charge on any atom is -0.483 e. The number of rotatable bonds is 2. The SMILES string of the molecule is CC(C)(C)OC(=O)N1CC(Nc2cc3c(cc2C(F)(F)F)OCC2=NNC(=O)CN23)C1. The fourth-order valence-electron chi connectivity index (χ4n) is 3.45. The van der Waals surface area contributed by atoms with Crippen LogP contribution in [0.1, 0.15) is 26.3 Å². The second-order valence-electron chi connectivity index (χ2n) is 8.53. The number of carbonyl (C=O) groups excluding carboxylic acids is 2. The molecule has 31 heavy (non-hydrogen) atoms. The van der Waals surface area contributed by atoms with E-state index in [1.54, 1.807) is 20.8 Å². The molecule has 12 heteroatoms. The summed E-state index contributed by atoms with van der Waals surface area (Å²) in [5, 5.41) is 6.76. The minimum absolute atomic E-state index is 0.0236. The van der Waals surface area contributed by atoms with Crippen molar-refractivity contribution in [2.45, 2.75) is 38.6 Å². The summed E-state index contributed by atoms with van der Waals surface area (Å²) in [4.78, 5) is 26.7. The maximum Gasteiger partial charge on any atom is 0.418 e. The van der Waals surface area contributed by atoms with Gasteiger partial charge in [0.2, 0.25) is 0 Å². The number of amides is 2. The summed E-state index contributed by atoms with van der Waals surface area (Å²) in [6.45, 7) is 5.51. The van der Waals surface area contributed by atoms with Gasteiger partial charge in [0, 0.05) is 18.8 Å². The fourth-order valence-corrected chi connectivity index (χ4v) is 3.45. The third kappa shape index (κ3) is 4.32. The normalized spacial score (nSPS) is 18.8. The predicted octanol–water partition coefficient (Wildman–Crippen LogP) is 2.38. The molecular weight excluding hydrogens is 419 g/mol. The van der Waals surface area contributed by atoms with Gasteiger partial charge >= 0.3 is 12.3 Å². The number of halogens is 3. The van der Waals surface area contributed by atoms with Crippen molar-refractivity contribution in [1.82, 2.24) is 10.3 Å². The van der Waals surface area contributed by atoms with Gasteiger partial charge in [0.15, 0.2) is 5.84 Å². The van der Waals surface area contributed by atoms with E-state index >= 15 is 0 Å². The highest BCUT2D eigenvalue weighted by molar-refractivity contribution is 6.08. The van der Waals surface area contributed by atoms with Gasteiger partial charge in [-0.3, -0.25) is 4.79 Å². The largest absolute Gasteiger partial charge is 0.483 e. The Hall–Kier alpha value is -3.18. The average molecular weight is 441 g/mol. The van der Waals surface area contributed by atoms with Crippen LogP contribution in [-0.2, 0) is 15.7 Å². The van der Waals surface area contributed by atoms with Crippen LogP contribution in [0.25, 0.3) is 0 Å². The maximum absolute atomic E-state index is 13.7. The van der Waals surface area contributed by atoms with Crippen LogP contribution >= 0.6 is 0 Å². The lowest BCUT2D eigenvalue weighted by molar-refractivity contribution is -0.137. The summed E-state index contributed by atoms with van der Waals surface area (Å²) in [5.74, 6) is 0.0473. The second kappa shape index (κ2) is 7.20. The molecule has 1 aromatic rings. The number of hydrazone groups is 1. The molecule has 0 saturated carbocycles. The first kappa shape index (κ1) is 21.1. The number of hydrogen-bond donors (Lipinski definition) is 2. The van der Waals surface area contributed by atoms with E-state index in [-0.39, 0.29) is 49.6 Å². The molecule has 0 unspecified atom stereocenters. The molecule has 0 spiro atoms. The Morgan fingerprint density at radius 2 is 2.00 bits per heavy atom. The Morgan fingerprint density at radius 3 is 2.65 bits per heavy atom. The molecule has 1 saturated heterocycles. The number of nitrogens with one attached hydrogen (secondary N) is 2. The van der Waals surface area contributed by atoms with Crippen LogP contribution in [0.4, 0.5) is 29.3 Å². The number of likely N-dealkylation sites (tertiary alicyclic amines) is 1. The molecule has 9 nitrogen and oxygen atoms in total. The zero-order valence-corrected chi connectivity index (χ0v) is 17.2. The molecule has 0 aromatic heterocycles. The van der Waals surface area contributed by atoms with Crippen molar-refractivity contribution >= 4 is 29.2 Å². The lowest BCUT2D eigenvalue weighted by atomic mass is 10.0. The van der Waals surface area contributed by atoms with Crippen molar-refractivity contribution in [3.05, 3.63) is 17.7 Å². The van der Waals surface area contributed by atoms with Crippen LogP contribution in [0.2, 0.25) is 0 Å². The third-order valence-electron chi connectivity index (χ3n) is 4.87. The fraction of sp³-hybridized carbons (Fsp3) is 0.526. The van der Waals surface area contributed by atoms with E-state index in [1.165, 1.54) is 15.9 Å². The lowest BCUT2D eigenvalue weighted by Crippen LogP contribution is -2.58. The van der Waals surface area contributed by atoms with E-state index in [4.69, 9.17) is 9.47 Å². The van der Waals surface area contributed by atoms with Crippen molar-refractivity contribution in [1.29, 1.82) is 0 Å². The van der Waals surface area contributed by atoms with Crippen molar-refractivity contribution in [2.24, 2.45) is 5.10 Å². The molecule has 4 rings (SSSR count). The van der Waals surface area contributed by atoms with Gasteiger partial charge in [0.25, 0.3) is 5.91 Å². The number of nitrogens with zero attached hydrogens (tertiary/aromatic N) is 3. The van der Waals surface area contributed by atoms with E-state index in [9.17, 15) is 22.8 Å². The van der Waals surface area contributed by atoms with Gasteiger partial charge in [-0.2, -0.15) is 18.3 Å². The van der Waals surface area contributed by atoms with Crippen molar-refractivity contribution in [2.75, 3.05) is 36.5 Å². The molecule has 1 fully saturated rings. The molecule has 1 aromatic carbocycles. The first-order valence-electron chi connectivity index (χ1n) is 9.66. The summed E-state index contributed by atoms with van der Waals surface area (Å²) in [7, 11) is 0. The van der Waals surface area contributed by atoms with E-state index in [0.717, 1.165) is 6.07 Å². The smallest absolute Gasteiger partial charge is 0.418 e. The summed E-state index contributed by atoms with van der Waals surface area (Å²) in [5.41, 5.74) is 0.948. The maximum atomic E-state index is 13.7. The molecule has 0 radical (unpaired) electrons. The summed E-state index contributed by atoms with van der Waals surface area (Å²) < 4.78 is 51.8. The van der Waals surface area contributed by atoms with E-state index in [0.29, 0.717) is 11.5 Å². The highest BCUT2D eigenvalue weighted by Gasteiger charge is 2.40. The highest BCUT2D eigenvalue weighted by atomic mass is 19.4. The van der Waals surface area contributed by atoms with E-state index in [1.807, 2.05) is 0 Å². The van der Waals surface area contributed by atoms with Crippen LogP contribution in [0.5, 0.6) is 5.75 Å². The summed E-state index contributed by atoms with van der Waals surface area (Å²) in [6.07, 6.45) is -5.14. The molecule has 2 N–H and O–H groups in total. The molecule has 2 amide bonds. The molecule has 168 valence electrons. The standard InChI is InChI=1S/C19H22F3N5O4/c1-18(2,3)31-17(29)26-6-10(7-26)23-12-5-13-14(4-11(12)19(20,21)22)30-9-15-24-25-16(28)8-27(13)15/h4-5,10,23H,6-9H2,1-3H3,(H,25,28). The number of benzene rings is 1. The van der Waals surface area contributed by atoms with Gasteiger partial charge < -0.3 is 24.6 Å². The summed E-state index contributed by atoms with van der Waals surface area (Å²) >= 11 is 0. The number of ether oxygens (including phenoxy) is 2. The van der Waals surface area contributed by atoms with E-state index < -0.39 is 23.4 Å². The van der Waals surface area contributed by atoms with Crippen LogP contribution < -0.4 is 20.4 Å². The van der Waals surface area contributed by atoms with Gasteiger partial charge in [-0.25, -0.2) is 10.2 Å². The number of hydrogen-bond acceptors (Lipinski definition) is 7. The Morgan fingerprint density at radius 1 is 1.29 bits per heavy atom. The van der Waals surface area contributed by atoms with Crippen molar-refractivity contribution in [3.8, 4) is 5.75 Å². The monoisotopic (exact) mass is 441 g/mol. The van der Waals surface area contributed by atoms with Crippen LogP contribution in [-0.4, -0.2) is 60.6 Å². The zero-order valence-electron chi connectivity index (χ0n) is 17.2. The molecule has 3 aliphatic rings. The second-order valence-corrected chi connectivity index (χ2v) is 8.53. The van der Waals surface area contributed by atoms with Crippen LogP contribution in [0.3, 0.4) is 0 Å². The number of fused-ring (bicyclic) bond motifs is 3. The Balaban J connectivity index is 1.56. The van der Waals surface area contributed by atoms with Crippen LogP contribution in [0.15, 0.2) is 17.2 Å². The number of alkyl halides is 3. The Bertz CT molecular complexity index is 951. The number of carbonyl (C=O) groups is 2. The number of anilines is 2. The molecule has 3 aliphatic heterocycles. The molecular formula is C19H22F3N5O4. The first-order valence-corrected chi connectivity index (χ1v) is 9.66. The molecule has 3 heterocycles. The predicted molar refractivity (Wildman–Crippen MR) is 105 cm³/mol. The van der Waals surface area contributed by atoms with Crippen LogP contribution in [0, 0.1) is 0 Å². The minimum atomic E-state index is -4.62. The third-order valence-corrected chi connectivity index (χ3v) is 4.87. The quantitative estimate of drug-likeness (QED) is 0.732. The summed E-state index contributed by atoms with van der Waals surface area (Å²) in [6, 6.07) is 1.85. The Labute approximate surface area is 176 Å². The molecule has 0 aliphatic carbocycles. The van der Waals surface area contributed by atoms with Gasteiger partial charge in [-0.1, -0.05) is 0 Å². The molecule has 0 bridgehead atoms. The van der Waals surface area contributed by atoms with E-state index in [2.05, 4.69) is 15.8 Å². The number of amidine groups is 1. The highest BCUT2D eigenvalue weighted by Crippen LogP contribution is 2.44. The van der Waals surface area contributed by atoms with Gasteiger partial charge in [0.05, 0.1) is 17.3 Å².